The molecule has 3 aromatic rings. The minimum Gasteiger partial charge on any atom is -0.356 e. The van der Waals surface area contributed by atoms with Crippen LogP contribution in [0.2, 0.25) is 0 Å². The van der Waals surface area contributed by atoms with Crippen molar-refractivity contribution in [3.63, 3.8) is 0 Å². The number of aliphatic imine (C=N–C) groups is 1. The number of aryl methyl sites for hydroxylation is 1. The van der Waals surface area contributed by atoms with Crippen molar-refractivity contribution < 1.29 is 0 Å². The lowest BCUT2D eigenvalue weighted by atomic mass is 10.3. The summed E-state index contributed by atoms with van der Waals surface area (Å²) in [6.45, 7) is 1.73. The van der Waals surface area contributed by atoms with E-state index < -0.39 is 0 Å². The zero-order valence-corrected chi connectivity index (χ0v) is 17.3. The molecule has 134 valence electrons. The molecule has 0 amide bonds. The summed E-state index contributed by atoms with van der Waals surface area (Å²) in [6.07, 6.45) is 4.87. The topological polar surface area (TPSA) is 66.6 Å². The van der Waals surface area contributed by atoms with Gasteiger partial charge in [-0.05, 0) is 36.4 Å². The zero-order chi connectivity index (χ0) is 16.6. The smallest absolute Gasteiger partial charge is 0.190 e. The summed E-state index contributed by atoms with van der Waals surface area (Å²) in [4.78, 5) is 5.64. The van der Waals surface area contributed by atoms with Gasteiger partial charge in [0.1, 0.15) is 5.82 Å². The van der Waals surface area contributed by atoms with Crippen LogP contribution in [0.3, 0.4) is 0 Å². The van der Waals surface area contributed by atoms with Gasteiger partial charge in [-0.3, -0.25) is 9.39 Å². The van der Waals surface area contributed by atoms with Crippen molar-refractivity contribution in [2.24, 2.45) is 4.99 Å². The van der Waals surface area contributed by atoms with Crippen LogP contribution in [0, 0.1) is 0 Å². The third-order valence-corrected chi connectivity index (χ3v) is 4.66. The number of hydrogen-bond acceptors (Lipinski definition) is 4. The predicted molar refractivity (Wildman–Crippen MR) is 114 cm³/mol. The molecule has 0 saturated heterocycles. The molecule has 0 unspecified atom stereocenters. The minimum absolute atomic E-state index is 0. The molecule has 0 aliphatic carbocycles. The SMILES string of the molecule is CN=C(NCCCc1nnc2ccccn12)NCCc1cccs1.I. The summed E-state index contributed by atoms with van der Waals surface area (Å²) in [6, 6.07) is 10.2. The molecule has 0 saturated carbocycles. The van der Waals surface area contributed by atoms with Crippen molar-refractivity contribution in [2.45, 2.75) is 19.3 Å². The predicted octanol–water partition coefficient (Wildman–Crippen LogP) is 2.75. The Kier molecular flexibility index (Phi) is 8.13. The highest BCUT2D eigenvalue weighted by molar-refractivity contribution is 14.0. The second kappa shape index (κ2) is 10.3. The maximum absolute atomic E-state index is 4.26. The molecule has 0 atom stereocenters. The van der Waals surface area contributed by atoms with Crippen LogP contribution in [0.15, 0.2) is 46.9 Å². The van der Waals surface area contributed by atoms with Crippen molar-refractivity contribution >= 4 is 46.9 Å². The maximum Gasteiger partial charge on any atom is 0.190 e. The molecule has 0 bridgehead atoms. The summed E-state index contributed by atoms with van der Waals surface area (Å²) in [5.74, 6) is 1.84. The van der Waals surface area contributed by atoms with Crippen LogP contribution in [0.5, 0.6) is 0 Å². The van der Waals surface area contributed by atoms with E-state index in [0.717, 1.165) is 49.8 Å². The first-order valence-electron chi connectivity index (χ1n) is 8.12. The molecule has 0 aromatic carbocycles. The number of guanidine groups is 1. The summed E-state index contributed by atoms with van der Waals surface area (Å²) in [5, 5.41) is 17.2. The van der Waals surface area contributed by atoms with Gasteiger partial charge in [0, 0.05) is 37.6 Å². The van der Waals surface area contributed by atoms with Gasteiger partial charge in [-0.15, -0.1) is 45.5 Å². The van der Waals surface area contributed by atoms with Gasteiger partial charge in [0.15, 0.2) is 11.6 Å². The van der Waals surface area contributed by atoms with Gasteiger partial charge in [0.25, 0.3) is 0 Å². The number of halogens is 1. The molecule has 8 heteroatoms. The van der Waals surface area contributed by atoms with E-state index in [0.29, 0.717) is 0 Å². The summed E-state index contributed by atoms with van der Waals surface area (Å²) in [7, 11) is 1.80. The van der Waals surface area contributed by atoms with Gasteiger partial charge in [0.05, 0.1) is 0 Å². The monoisotopic (exact) mass is 470 g/mol. The van der Waals surface area contributed by atoms with E-state index in [-0.39, 0.29) is 24.0 Å². The number of thiophene rings is 1. The standard InChI is InChI=1S/C17H22N6S.HI/c1-18-17(20-11-9-14-6-5-13-24-14)19-10-4-8-16-22-21-15-7-2-3-12-23(15)16;/h2-3,5-7,12-13H,4,8-11H2,1H3,(H2,18,19,20);1H. The Bertz CT molecular complexity index is 783. The highest BCUT2D eigenvalue weighted by atomic mass is 127. The van der Waals surface area contributed by atoms with E-state index in [1.807, 2.05) is 28.8 Å². The molecule has 0 spiro atoms. The molecule has 6 nitrogen and oxygen atoms in total. The van der Waals surface area contributed by atoms with E-state index in [2.05, 4.69) is 43.3 Å². The fraction of sp³-hybridized carbons (Fsp3) is 0.353. The Labute approximate surface area is 168 Å². The van der Waals surface area contributed by atoms with Gasteiger partial charge in [-0.2, -0.15) is 0 Å². The molecule has 0 aliphatic rings. The number of rotatable bonds is 7. The highest BCUT2D eigenvalue weighted by Gasteiger charge is 2.04. The number of nitrogens with zero attached hydrogens (tertiary/aromatic N) is 4. The first-order chi connectivity index (χ1) is 11.9. The number of hydrogen-bond donors (Lipinski definition) is 2. The summed E-state index contributed by atoms with van der Waals surface area (Å²) < 4.78 is 2.04. The van der Waals surface area contributed by atoms with Crippen molar-refractivity contribution in [3.05, 3.63) is 52.6 Å². The lowest BCUT2D eigenvalue weighted by Crippen LogP contribution is -2.38. The fourth-order valence-electron chi connectivity index (χ4n) is 2.49. The molecule has 0 fully saturated rings. The molecule has 3 aromatic heterocycles. The Hall–Kier alpha value is -1.68. The fourth-order valence-corrected chi connectivity index (χ4v) is 3.20. The first-order valence-corrected chi connectivity index (χ1v) is 9.00. The van der Waals surface area contributed by atoms with E-state index in [9.17, 15) is 0 Å². The molecule has 2 N–H and O–H groups in total. The van der Waals surface area contributed by atoms with Crippen LogP contribution in [0.4, 0.5) is 0 Å². The van der Waals surface area contributed by atoms with E-state index >= 15 is 0 Å². The Balaban J connectivity index is 0.00000225. The third kappa shape index (κ3) is 5.67. The average Bonchev–Trinajstić information content (AvgIpc) is 3.27. The van der Waals surface area contributed by atoms with Crippen LogP contribution in [0.1, 0.15) is 17.1 Å². The van der Waals surface area contributed by atoms with Crippen molar-refractivity contribution in [1.82, 2.24) is 25.2 Å². The van der Waals surface area contributed by atoms with Crippen LogP contribution in [-0.2, 0) is 12.8 Å². The Morgan fingerprint density at radius 2 is 2.00 bits per heavy atom. The Morgan fingerprint density at radius 1 is 1.12 bits per heavy atom. The summed E-state index contributed by atoms with van der Waals surface area (Å²) in [5.41, 5.74) is 0.895. The average molecular weight is 470 g/mol. The normalized spacial score (nSPS) is 11.3. The Morgan fingerprint density at radius 3 is 2.80 bits per heavy atom. The molecule has 0 radical (unpaired) electrons. The van der Waals surface area contributed by atoms with E-state index in [1.54, 1.807) is 18.4 Å². The minimum atomic E-state index is 0. The quantitative estimate of drug-likeness (QED) is 0.241. The van der Waals surface area contributed by atoms with E-state index in [4.69, 9.17) is 0 Å². The zero-order valence-electron chi connectivity index (χ0n) is 14.2. The molecule has 25 heavy (non-hydrogen) atoms. The molecule has 3 heterocycles. The number of nitrogens with one attached hydrogen (secondary N) is 2. The number of aromatic nitrogens is 3. The summed E-state index contributed by atoms with van der Waals surface area (Å²) >= 11 is 1.79. The van der Waals surface area contributed by atoms with Crippen molar-refractivity contribution in [2.75, 3.05) is 20.1 Å². The molecular formula is C17H23IN6S. The van der Waals surface area contributed by atoms with Crippen molar-refractivity contribution in [1.29, 1.82) is 0 Å². The largest absolute Gasteiger partial charge is 0.356 e. The van der Waals surface area contributed by atoms with Crippen molar-refractivity contribution in [3.8, 4) is 0 Å². The highest BCUT2D eigenvalue weighted by Crippen LogP contribution is 2.08. The first kappa shape index (κ1) is 19.6. The second-order valence-corrected chi connectivity index (χ2v) is 6.44. The van der Waals surface area contributed by atoms with Crippen LogP contribution < -0.4 is 10.6 Å². The second-order valence-electron chi connectivity index (χ2n) is 5.40. The van der Waals surface area contributed by atoms with Crippen LogP contribution >= 0.6 is 35.3 Å². The molecule has 3 rings (SSSR count). The van der Waals surface area contributed by atoms with Gasteiger partial charge in [-0.1, -0.05) is 12.1 Å². The molecular weight excluding hydrogens is 447 g/mol. The maximum atomic E-state index is 4.26. The number of fused-ring (bicyclic) bond motifs is 1. The van der Waals surface area contributed by atoms with Gasteiger partial charge < -0.3 is 10.6 Å². The molecule has 0 aliphatic heterocycles. The van der Waals surface area contributed by atoms with Crippen LogP contribution in [-0.4, -0.2) is 40.7 Å². The number of pyridine rings is 1. The third-order valence-electron chi connectivity index (χ3n) is 3.72. The van der Waals surface area contributed by atoms with Gasteiger partial charge >= 0.3 is 0 Å². The van der Waals surface area contributed by atoms with Crippen LogP contribution in [0.25, 0.3) is 5.65 Å². The lowest BCUT2D eigenvalue weighted by molar-refractivity contribution is 0.713. The van der Waals surface area contributed by atoms with Gasteiger partial charge in [0.2, 0.25) is 0 Å². The van der Waals surface area contributed by atoms with Gasteiger partial charge in [-0.25, -0.2) is 0 Å². The van der Waals surface area contributed by atoms with E-state index in [1.165, 1.54) is 4.88 Å². The lowest BCUT2D eigenvalue weighted by Gasteiger charge is -2.11.